The van der Waals surface area contributed by atoms with Crippen molar-refractivity contribution in [2.24, 2.45) is 0 Å². The van der Waals surface area contributed by atoms with Gasteiger partial charge in [0.05, 0.1) is 4.90 Å². The Hall–Kier alpha value is -1.07. The molecule has 0 fully saturated rings. The summed E-state index contributed by atoms with van der Waals surface area (Å²) in [5.41, 5.74) is 0. The number of hydrogen-bond donors (Lipinski definition) is 2. The lowest BCUT2D eigenvalue weighted by molar-refractivity contribution is 0.474. The lowest BCUT2D eigenvalue weighted by Gasteiger charge is -2.14. The topological polar surface area (TPSA) is 66.4 Å². The van der Waals surface area contributed by atoms with Crippen molar-refractivity contribution in [1.82, 2.24) is 4.72 Å². The van der Waals surface area contributed by atoms with Crippen LogP contribution in [0.5, 0.6) is 5.75 Å². The minimum absolute atomic E-state index is 0.0616. The molecule has 19 heavy (non-hydrogen) atoms. The van der Waals surface area contributed by atoms with Gasteiger partial charge in [-0.2, -0.15) is 0 Å². The van der Waals surface area contributed by atoms with Crippen LogP contribution in [0.2, 0.25) is 0 Å². The lowest BCUT2D eigenvalue weighted by Crippen LogP contribution is -2.32. The summed E-state index contributed by atoms with van der Waals surface area (Å²) in [7, 11) is -3.48. The third-order valence-electron chi connectivity index (χ3n) is 2.99. The number of phenolic OH excluding ortho intramolecular Hbond substituents is 1. The van der Waals surface area contributed by atoms with Crippen LogP contribution >= 0.6 is 0 Å². The predicted molar refractivity (Wildman–Crippen MR) is 76.6 cm³/mol. The fraction of sp³-hybridized carbons (Fsp3) is 0.571. The fourth-order valence-corrected chi connectivity index (χ4v) is 3.17. The van der Waals surface area contributed by atoms with Gasteiger partial charge in [-0.05, 0) is 37.6 Å². The second-order valence-corrected chi connectivity index (χ2v) is 6.58. The van der Waals surface area contributed by atoms with Gasteiger partial charge in [0.25, 0.3) is 0 Å². The molecule has 1 aromatic rings. The predicted octanol–water partition coefficient (Wildman–Crippen LogP) is 3.03. The SMILES string of the molecule is CCCCCCC(C)NS(=O)(=O)c1ccc(O)cc1. The molecule has 0 saturated heterocycles. The van der Waals surface area contributed by atoms with Crippen molar-refractivity contribution in [2.75, 3.05) is 0 Å². The average molecular weight is 285 g/mol. The van der Waals surface area contributed by atoms with E-state index >= 15 is 0 Å². The van der Waals surface area contributed by atoms with Gasteiger partial charge in [0.2, 0.25) is 10.0 Å². The maximum absolute atomic E-state index is 12.1. The Morgan fingerprint density at radius 1 is 1.16 bits per heavy atom. The second-order valence-electron chi connectivity index (χ2n) is 4.87. The molecule has 0 aliphatic heterocycles. The van der Waals surface area contributed by atoms with Crippen LogP contribution in [0.25, 0.3) is 0 Å². The summed E-state index contributed by atoms with van der Waals surface area (Å²) in [6.07, 6.45) is 5.39. The molecule has 4 nitrogen and oxygen atoms in total. The molecular weight excluding hydrogens is 262 g/mol. The number of aromatic hydroxyl groups is 1. The summed E-state index contributed by atoms with van der Waals surface area (Å²) >= 11 is 0. The lowest BCUT2D eigenvalue weighted by atomic mass is 10.1. The molecule has 5 heteroatoms. The first-order valence-corrected chi connectivity index (χ1v) is 8.25. The van der Waals surface area contributed by atoms with Gasteiger partial charge in [-0.1, -0.05) is 32.6 Å². The zero-order valence-electron chi connectivity index (χ0n) is 11.6. The van der Waals surface area contributed by atoms with E-state index in [4.69, 9.17) is 5.11 Å². The molecule has 0 aliphatic rings. The van der Waals surface area contributed by atoms with Crippen molar-refractivity contribution < 1.29 is 13.5 Å². The van der Waals surface area contributed by atoms with E-state index in [-0.39, 0.29) is 16.7 Å². The van der Waals surface area contributed by atoms with Crippen molar-refractivity contribution in [2.45, 2.75) is 56.9 Å². The summed E-state index contributed by atoms with van der Waals surface area (Å²) in [6, 6.07) is 5.49. The Morgan fingerprint density at radius 2 is 1.79 bits per heavy atom. The molecule has 0 radical (unpaired) electrons. The smallest absolute Gasteiger partial charge is 0.240 e. The van der Waals surface area contributed by atoms with Crippen molar-refractivity contribution in [3.8, 4) is 5.75 Å². The van der Waals surface area contributed by atoms with E-state index in [1.54, 1.807) is 0 Å². The van der Waals surface area contributed by atoms with Gasteiger partial charge in [-0.25, -0.2) is 13.1 Å². The molecule has 0 aromatic heterocycles. The Labute approximate surface area is 115 Å². The maximum atomic E-state index is 12.1. The number of rotatable bonds is 8. The number of nitrogens with one attached hydrogen (secondary N) is 1. The van der Waals surface area contributed by atoms with Gasteiger partial charge in [0.1, 0.15) is 5.75 Å². The van der Waals surface area contributed by atoms with Crippen LogP contribution in [-0.4, -0.2) is 19.6 Å². The van der Waals surface area contributed by atoms with E-state index in [0.717, 1.165) is 19.3 Å². The van der Waals surface area contributed by atoms with Gasteiger partial charge in [0, 0.05) is 6.04 Å². The van der Waals surface area contributed by atoms with E-state index in [9.17, 15) is 8.42 Å². The highest BCUT2D eigenvalue weighted by atomic mass is 32.2. The third kappa shape index (κ3) is 5.61. The minimum Gasteiger partial charge on any atom is -0.508 e. The summed E-state index contributed by atoms with van der Waals surface area (Å²) in [4.78, 5) is 0.186. The van der Waals surface area contributed by atoms with Crippen molar-refractivity contribution in [1.29, 1.82) is 0 Å². The zero-order valence-corrected chi connectivity index (χ0v) is 12.4. The van der Waals surface area contributed by atoms with Gasteiger partial charge >= 0.3 is 0 Å². The van der Waals surface area contributed by atoms with Crippen LogP contribution in [0.4, 0.5) is 0 Å². The molecule has 1 aromatic carbocycles. The van der Waals surface area contributed by atoms with Gasteiger partial charge in [-0.3, -0.25) is 0 Å². The molecule has 1 atom stereocenters. The van der Waals surface area contributed by atoms with Crippen LogP contribution < -0.4 is 4.72 Å². The standard InChI is InChI=1S/C14H23NO3S/c1-3-4-5-6-7-12(2)15-19(17,18)14-10-8-13(16)9-11-14/h8-12,15-16H,3-7H2,1-2H3. The van der Waals surface area contributed by atoms with E-state index in [1.807, 2.05) is 6.92 Å². The summed E-state index contributed by atoms with van der Waals surface area (Å²) in [6.45, 7) is 4.03. The molecular formula is C14H23NO3S. The molecule has 108 valence electrons. The first kappa shape index (κ1) is 16.0. The molecule has 1 unspecified atom stereocenters. The monoisotopic (exact) mass is 285 g/mol. The molecule has 0 heterocycles. The van der Waals surface area contributed by atoms with Crippen molar-refractivity contribution in [3.05, 3.63) is 24.3 Å². The molecule has 0 bridgehead atoms. The quantitative estimate of drug-likeness (QED) is 0.721. The van der Waals surface area contributed by atoms with Crippen molar-refractivity contribution >= 4 is 10.0 Å². The third-order valence-corrected chi connectivity index (χ3v) is 4.60. The highest BCUT2D eigenvalue weighted by molar-refractivity contribution is 7.89. The number of phenols is 1. The normalized spacial score (nSPS) is 13.4. The Morgan fingerprint density at radius 3 is 2.37 bits per heavy atom. The van der Waals surface area contributed by atoms with E-state index in [0.29, 0.717) is 0 Å². The largest absolute Gasteiger partial charge is 0.508 e. The van der Waals surface area contributed by atoms with Crippen molar-refractivity contribution in [3.63, 3.8) is 0 Å². The van der Waals surface area contributed by atoms with Crippen LogP contribution in [-0.2, 0) is 10.0 Å². The van der Waals surface area contributed by atoms with Crippen LogP contribution in [0.1, 0.15) is 46.0 Å². The summed E-state index contributed by atoms with van der Waals surface area (Å²) in [5, 5.41) is 9.16. The zero-order chi connectivity index (χ0) is 14.3. The van der Waals surface area contributed by atoms with Crippen LogP contribution in [0, 0.1) is 0 Å². The number of unbranched alkanes of at least 4 members (excludes halogenated alkanes) is 3. The van der Waals surface area contributed by atoms with Gasteiger partial charge in [0.15, 0.2) is 0 Å². The van der Waals surface area contributed by atoms with Gasteiger partial charge < -0.3 is 5.11 Å². The molecule has 0 spiro atoms. The minimum atomic E-state index is -3.48. The molecule has 0 saturated carbocycles. The molecule has 0 amide bonds. The Balaban J connectivity index is 2.52. The second kappa shape index (κ2) is 7.50. The summed E-state index contributed by atoms with van der Waals surface area (Å²) < 4.78 is 26.8. The fourth-order valence-electron chi connectivity index (χ4n) is 1.89. The van der Waals surface area contributed by atoms with E-state index in [1.165, 1.54) is 37.1 Å². The first-order valence-electron chi connectivity index (χ1n) is 6.77. The molecule has 2 N–H and O–H groups in total. The summed E-state index contributed by atoms with van der Waals surface area (Å²) in [5.74, 6) is 0.0616. The number of benzene rings is 1. The number of sulfonamides is 1. The Kier molecular flexibility index (Phi) is 6.31. The molecule has 0 aliphatic carbocycles. The molecule has 1 rings (SSSR count). The van der Waals surface area contributed by atoms with E-state index < -0.39 is 10.0 Å². The van der Waals surface area contributed by atoms with Gasteiger partial charge in [-0.15, -0.1) is 0 Å². The maximum Gasteiger partial charge on any atom is 0.240 e. The first-order chi connectivity index (χ1) is 8.95. The van der Waals surface area contributed by atoms with Crippen LogP contribution in [0.15, 0.2) is 29.2 Å². The highest BCUT2D eigenvalue weighted by Gasteiger charge is 2.16. The highest BCUT2D eigenvalue weighted by Crippen LogP contribution is 2.15. The number of hydrogen-bond acceptors (Lipinski definition) is 3. The average Bonchev–Trinajstić information content (AvgIpc) is 2.34. The van der Waals surface area contributed by atoms with Crippen LogP contribution in [0.3, 0.4) is 0 Å². The van der Waals surface area contributed by atoms with E-state index in [2.05, 4.69) is 11.6 Å². The Bertz CT molecular complexity index is 468.